The molecule has 1 atom stereocenters. The van der Waals surface area contributed by atoms with E-state index >= 15 is 0 Å². The quantitative estimate of drug-likeness (QED) is 0.751. The number of rotatable bonds is 7. The van der Waals surface area contributed by atoms with Crippen LogP contribution in [0, 0.1) is 0 Å². The smallest absolute Gasteiger partial charge is 0.251 e. The molecule has 3 rings (SSSR count). The molecular formula is C20H27N5O4. The molecule has 0 radical (unpaired) electrons. The normalized spacial score (nSPS) is 15.8. The predicted octanol–water partition coefficient (Wildman–Crippen LogP) is 1.32. The fourth-order valence-corrected chi connectivity index (χ4v) is 3.34. The third-order valence-electron chi connectivity index (χ3n) is 4.96. The fourth-order valence-electron chi connectivity index (χ4n) is 3.34. The molecule has 0 spiro atoms. The van der Waals surface area contributed by atoms with Gasteiger partial charge in [0, 0.05) is 45.7 Å². The number of hydrogen-bond donors (Lipinski definition) is 1. The topological polar surface area (TPSA) is 98.6 Å². The SMILES string of the molecule is COCC(=O)N1CCC(Oc2ccc(C(=O)NC(C)c3nncn3C)cc2)CC1. The molecule has 2 amide bonds. The predicted molar refractivity (Wildman–Crippen MR) is 105 cm³/mol. The van der Waals surface area contributed by atoms with E-state index < -0.39 is 0 Å². The highest BCUT2D eigenvalue weighted by Crippen LogP contribution is 2.20. The lowest BCUT2D eigenvalue weighted by Gasteiger charge is -2.32. The Hall–Kier alpha value is -2.94. The summed E-state index contributed by atoms with van der Waals surface area (Å²) >= 11 is 0. The van der Waals surface area contributed by atoms with Gasteiger partial charge in [-0.2, -0.15) is 0 Å². The van der Waals surface area contributed by atoms with Crippen LogP contribution in [0.25, 0.3) is 0 Å². The van der Waals surface area contributed by atoms with Crippen LogP contribution in [0.3, 0.4) is 0 Å². The maximum atomic E-state index is 12.5. The first-order valence-corrected chi connectivity index (χ1v) is 9.66. The summed E-state index contributed by atoms with van der Waals surface area (Å²) in [6, 6.07) is 6.82. The number of ether oxygens (including phenoxy) is 2. The van der Waals surface area contributed by atoms with Crippen molar-refractivity contribution in [3.63, 3.8) is 0 Å². The zero-order chi connectivity index (χ0) is 20.8. The second kappa shape index (κ2) is 9.51. The van der Waals surface area contributed by atoms with E-state index in [0.717, 1.165) is 12.8 Å². The molecule has 0 aliphatic carbocycles. The van der Waals surface area contributed by atoms with Gasteiger partial charge < -0.3 is 24.3 Å². The van der Waals surface area contributed by atoms with Crippen LogP contribution >= 0.6 is 0 Å². The summed E-state index contributed by atoms with van der Waals surface area (Å²) in [5.74, 6) is 1.23. The van der Waals surface area contributed by atoms with E-state index in [0.29, 0.717) is 30.2 Å². The molecule has 1 fully saturated rings. The molecule has 29 heavy (non-hydrogen) atoms. The van der Waals surface area contributed by atoms with Gasteiger partial charge in [-0.25, -0.2) is 0 Å². The summed E-state index contributed by atoms with van der Waals surface area (Å²) < 4.78 is 12.7. The van der Waals surface area contributed by atoms with Crippen LogP contribution in [-0.2, 0) is 16.6 Å². The van der Waals surface area contributed by atoms with Crippen molar-refractivity contribution < 1.29 is 19.1 Å². The number of benzene rings is 1. The second-order valence-corrected chi connectivity index (χ2v) is 7.15. The van der Waals surface area contributed by atoms with Gasteiger partial charge in [-0.15, -0.1) is 10.2 Å². The number of nitrogens with one attached hydrogen (secondary N) is 1. The fraction of sp³-hybridized carbons (Fsp3) is 0.500. The summed E-state index contributed by atoms with van der Waals surface area (Å²) in [6.45, 7) is 3.30. The molecule has 2 heterocycles. The molecule has 0 saturated carbocycles. The van der Waals surface area contributed by atoms with Gasteiger partial charge in [-0.3, -0.25) is 9.59 Å². The van der Waals surface area contributed by atoms with Crippen molar-refractivity contribution in [3.05, 3.63) is 42.0 Å². The number of aromatic nitrogens is 3. The van der Waals surface area contributed by atoms with Crippen LogP contribution in [0.2, 0.25) is 0 Å². The highest BCUT2D eigenvalue weighted by Gasteiger charge is 2.24. The van der Waals surface area contributed by atoms with Crippen molar-refractivity contribution in [2.24, 2.45) is 7.05 Å². The molecule has 1 aromatic carbocycles. The summed E-state index contributed by atoms with van der Waals surface area (Å²) in [4.78, 5) is 26.1. The first-order chi connectivity index (χ1) is 14.0. The molecule has 156 valence electrons. The van der Waals surface area contributed by atoms with Crippen LogP contribution in [0.4, 0.5) is 0 Å². The van der Waals surface area contributed by atoms with Gasteiger partial charge in [0.15, 0.2) is 5.82 Å². The largest absolute Gasteiger partial charge is 0.490 e. The van der Waals surface area contributed by atoms with Crippen LogP contribution in [0.5, 0.6) is 5.75 Å². The minimum atomic E-state index is -0.253. The Kier molecular flexibility index (Phi) is 6.82. The van der Waals surface area contributed by atoms with Gasteiger partial charge in [0.25, 0.3) is 5.91 Å². The van der Waals surface area contributed by atoms with Crippen molar-refractivity contribution in [2.75, 3.05) is 26.8 Å². The van der Waals surface area contributed by atoms with Crippen LogP contribution in [-0.4, -0.2) is 64.4 Å². The number of carbonyl (C=O) groups excluding carboxylic acids is 2. The number of amides is 2. The maximum Gasteiger partial charge on any atom is 0.251 e. The summed E-state index contributed by atoms with van der Waals surface area (Å²) in [7, 11) is 3.36. The van der Waals surface area contributed by atoms with Crippen LogP contribution < -0.4 is 10.1 Å². The van der Waals surface area contributed by atoms with Gasteiger partial charge in [0.05, 0.1) is 6.04 Å². The average molecular weight is 401 g/mol. The monoisotopic (exact) mass is 401 g/mol. The molecule has 9 heteroatoms. The number of nitrogens with zero attached hydrogens (tertiary/aromatic N) is 4. The zero-order valence-electron chi connectivity index (χ0n) is 17.0. The van der Waals surface area contributed by atoms with Crippen molar-refractivity contribution in [3.8, 4) is 5.75 Å². The molecule has 0 bridgehead atoms. The zero-order valence-corrected chi connectivity index (χ0v) is 17.0. The number of hydrogen-bond acceptors (Lipinski definition) is 6. The number of carbonyl (C=O) groups is 2. The van der Waals surface area contributed by atoms with Crippen molar-refractivity contribution in [1.82, 2.24) is 25.0 Å². The Bertz CT molecular complexity index is 828. The molecule has 1 unspecified atom stereocenters. The van der Waals surface area contributed by atoms with Gasteiger partial charge in [-0.05, 0) is 31.2 Å². The average Bonchev–Trinajstić information content (AvgIpc) is 3.15. The van der Waals surface area contributed by atoms with Crippen LogP contribution in [0.15, 0.2) is 30.6 Å². The molecule has 1 N–H and O–H groups in total. The van der Waals surface area contributed by atoms with Crippen molar-refractivity contribution in [2.45, 2.75) is 31.9 Å². The molecule has 1 aromatic heterocycles. The highest BCUT2D eigenvalue weighted by atomic mass is 16.5. The van der Waals surface area contributed by atoms with Crippen molar-refractivity contribution in [1.29, 1.82) is 0 Å². The molecule has 2 aromatic rings. The van der Waals surface area contributed by atoms with Gasteiger partial charge in [0.1, 0.15) is 24.8 Å². The molecule has 1 aliphatic heterocycles. The van der Waals surface area contributed by atoms with Crippen molar-refractivity contribution >= 4 is 11.8 Å². The Morgan fingerprint density at radius 1 is 1.24 bits per heavy atom. The first-order valence-electron chi connectivity index (χ1n) is 9.66. The van der Waals surface area contributed by atoms with E-state index in [1.165, 1.54) is 7.11 Å². The number of methoxy groups -OCH3 is 1. The van der Waals surface area contributed by atoms with Gasteiger partial charge >= 0.3 is 0 Å². The third kappa shape index (κ3) is 5.32. The Morgan fingerprint density at radius 3 is 2.52 bits per heavy atom. The molecule has 9 nitrogen and oxygen atoms in total. The molecule has 1 aliphatic rings. The lowest BCUT2D eigenvalue weighted by atomic mass is 10.1. The van der Waals surface area contributed by atoms with E-state index in [-0.39, 0.29) is 30.6 Å². The minimum Gasteiger partial charge on any atom is -0.490 e. The lowest BCUT2D eigenvalue weighted by molar-refractivity contribution is -0.136. The van der Waals surface area contributed by atoms with Gasteiger partial charge in [-0.1, -0.05) is 0 Å². The molecular weight excluding hydrogens is 374 g/mol. The van der Waals surface area contributed by atoms with E-state index in [1.807, 2.05) is 14.0 Å². The lowest BCUT2D eigenvalue weighted by Crippen LogP contribution is -2.43. The standard InChI is InChI=1S/C20H27N5O4/c1-14(19-23-21-13-24(19)2)22-20(27)15-4-6-16(7-5-15)29-17-8-10-25(11-9-17)18(26)12-28-3/h4-7,13-14,17H,8-12H2,1-3H3,(H,22,27). The van der Waals surface area contributed by atoms with E-state index in [1.54, 1.807) is 40.1 Å². The maximum absolute atomic E-state index is 12.5. The minimum absolute atomic E-state index is 0.0110. The molecule has 1 saturated heterocycles. The highest BCUT2D eigenvalue weighted by molar-refractivity contribution is 5.94. The van der Waals surface area contributed by atoms with E-state index in [2.05, 4.69) is 15.5 Å². The number of piperidine rings is 1. The van der Waals surface area contributed by atoms with Gasteiger partial charge in [0.2, 0.25) is 5.91 Å². The summed E-state index contributed by atoms with van der Waals surface area (Å²) in [5.41, 5.74) is 0.548. The Morgan fingerprint density at radius 2 is 1.93 bits per heavy atom. The van der Waals surface area contributed by atoms with Crippen LogP contribution in [0.1, 0.15) is 42.0 Å². The Labute approximate surface area is 170 Å². The number of likely N-dealkylation sites (tertiary alicyclic amines) is 1. The van der Waals surface area contributed by atoms with E-state index in [4.69, 9.17) is 9.47 Å². The van der Waals surface area contributed by atoms with E-state index in [9.17, 15) is 9.59 Å². The Balaban J connectivity index is 1.49. The first kappa shape index (κ1) is 20.8. The third-order valence-corrected chi connectivity index (χ3v) is 4.96. The number of aryl methyl sites for hydroxylation is 1. The second-order valence-electron chi connectivity index (χ2n) is 7.15. The summed E-state index contributed by atoms with van der Waals surface area (Å²) in [6.07, 6.45) is 3.19. The summed E-state index contributed by atoms with van der Waals surface area (Å²) in [5, 5.41) is 10.8.